The number of carbonyl (C=O) groups is 1. The van der Waals surface area contributed by atoms with Crippen LogP contribution in [0.2, 0.25) is 0 Å². The lowest BCUT2D eigenvalue weighted by Crippen LogP contribution is -2.37. The molecular formula is C20H17NO. The van der Waals surface area contributed by atoms with E-state index < -0.39 is 5.41 Å². The molecule has 2 nitrogen and oxygen atoms in total. The van der Waals surface area contributed by atoms with E-state index in [1.165, 1.54) is 5.39 Å². The smallest absolute Gasteiger partial charge is 0.241 e. The highest BCUT2D eigenvalue weighted by molar-refractivity contribution is 6.11. The Bertz CT molecular complexity index is 894. The largest absolute Gasteiger partial charge is 0.314 e. The van der Waals surface area contributed by atoms with Gasteiger partial charge < -0.3 is 4.90 Å². The fourth-order valence-corrected chi connectivity index (χ4v) is 3.67. The van der Waals surface area contributed by atoms with E-state index in [2.05, 4.69) is 30.3 Å². The first-order valence-electron chi connectivity index (χ1n) is 7.50. The molecule has 0 spiro atoms. The normalized spacial score (nSPS) is 20.5. The summed E-state index contributed by atoms with van der Waals surface area (Å²) in [7, 11) is 1.86. The van der Waals surface area contributed by atoms with Crippen LogP contribution in [0.3, 0.4) is 0 Å². The quantitative estimate of drug-likeness (QED) is 0.659. The van der Waals surface area contributed by atoms with Crippen molar-refractivity contribution in [3.05, 3.63) is 77.9 Å². The Kier molecular flexibility index (Phi) is 2.64. The minimum Gasteiger partial charge on any atom is -0.314 e. The third-order valence-corrected chi connectivity index (χ3v) is 4.86. The first-order chi connectivity index (χ1) is 10.6. The van der Waals surface area contributed by atoms with Gasteiger partial charge in [0.15, 0.2) is 0 Å². The highest BCUT2D eigenvalue weighted by atomic mass is 16.2. The summed E-state index contributed by atoms with van der Waals surface area (Å²) in [6, 6.07) is 22.6. The van der Waals surface area contributed by atoms with E-state index in [4.69, 9.17) is 0 Å². The van der Waals surface area contributed by atoms with E-state index >= 15 is 0 Å². The molecule has 108 valence electrons. The van der Waals surface area contributed by atoms with Crippen LogP contribution < -0.4 is 4.90 Å². The highest BCUT2D eigenvalue weighted by Gasteiger charge is 2.47. The number of hydrogen-bond donors (Lipinski definition) is 0. The molecule has 0 bridgehead atoms. The number of carbonyl (C=O) groups excluding carboxylic acids is 1. The van der Waals surface area contributed by atoms with Crippen LogP contribution in [0.15, 0.2) is 66.7 Å². The average Bonchev–Trinajstić information content (AvgIpc) is 2.77. The third kappa shape index (κ3) is 1.52. The number of benzene rings is 3. The van der Waals surface area contributed by atoms with E-state index in [0.29, 0.717) is 0 Å². The second-order valence-electron chi connectivity index (χ2n) is 6.03. The second kappa shape index (κ2) is 4.44. The minimum atomic E-state index is -0.633. The van der Waals surface area contributed by atoms with Crippen molar-refractivity contribution < 1.29 is 4.79 Å². The van der Waals surface area contributed by atoms with Gasteiger partial charge in [-0.3, -0.25) is 4.79 Å². The first-order valence-corrected chi connectivity index (χ1v) is 7.50. The van der Waals surface area contributed by atoms with Gasteiger partial charge in [0.2, 0.25) is 5.91 Å². The second-order valence-corrected chi connectivity index (χ2v) is 6.03. The summed E-state index contributed by atoms with van der Waals surface area (Å²) in [5.41, 5.74) is 2.53. The van der Waals surface area contributed by atoms with Crippen molar-refractivity contribution in [1.82, 2.24) is 0 Å². The van der Waals surface area contributed by atoms with E-state index in [1.54, 1.807) is 4.90 Å². The SMILES string of the molecule is CN1C(=O)C(C)(c2cccc3ccccc23)c2ccccc21. The van der Waals surface area contributed by atoms with Gasteiger partial charge in [-0.05, 0) is 34.9 Å². The van der Waals surface area contributed by atoms with E-state index in [-0.39, 0.29) is 5.91 Å². The molecule has 0 N–H and O–H groups in total. The fraction of sp³-hybridized carbons (Fsp3) is 0.150. The van der Waals surface area contributed by atoms with Crippen LogP contribution in [0.4, 0.5) is 5.69 Å². The lowest BCUT2D eigenvalue weighted by atomic mass is 9.75. The molecule has 1 amide bonds. The fourth-order valence-electron chi connectivity index (χ4n) is 3.67. The molecule has 1 aliphatic rings. The Balaban J connectivity index is 2.08. The maximum atomic E-state index is 13.1. The standard InChI is InChI=1S/C20H17NO/c1-20(16-12-7-9-14-8-3-4-10-15(14)16)17-11-5-6-13-18(17)21(2)19(20)22/h3-13H,1-2H3. The van der Waals surface area contributed by atoms with Crippen LogP contribution in [0.25, 0.3) is 10.8 Å². The van der Waals surface area contributed by atoms with Crippen molar-refractivity contribution in [2.75, 3.05) is 11.9 Å². The molecule has 0 saturated heterocycles. The van der Waals surface area contributed by atoms with Gasteiger partial charge in [-0.15, -0.1) is 0 Å². The lowest BCUT2D eigenvalue weighted by Gasteiger charge is -2.25. The van der Waals surface area contributed by atoms with Crippen LogP contribution in [0.1, 0.15) is 18.1 Å². The Morgan fingerprint density at radius 1 is 0.818 bits per heavy atom. The van der Waals surface area contributed by atoms with Gasteiger partial charge in [0.05, 0.1) is 5.41 Å². The summed E-state index contributed by atoms with van der Waals surface area (Å²) in [5, 5.41) is 2.31. The molecule has 1 atom stereocenters. The molecule has 0 radical (unpaired) electrons. The van der Waals surface area contributed by atoms with Gasteiger partial charge in [-0.25, -0.2) is 0 Å². The summed E-state index contributed by atoms with van der Waals surface area (Å²) < 4.78 is 0. The van der Waals surface area contributed by atoms with Gasteiger partial charge in [-0.2, -0.15) is 0 Å². The highest BCUT2D eigenvalue weighted by Crippen LogP contribution is 2.46. The average molecular weight is 287 g/mol. The number of anilines is 1. The minimum absolute atomic E-state index is 0.130. The Morgan fingerprint density at radius 3 is 2.32 bits per heavy atom. The molecular weight excluding hydrogens is 270 g/mol. The molecule has 1 aliphatic heterocycles. The zero-order valence-electron chi connectivity index (χ0n) is 12.7. The van der Waals surface area contributed by atoms with Crippen molar-refractivity contribution in [1.29, 1.82) is 0 Å². The molecule has 0 aliphatic carbocycles. The summed E-state index contributed by atoms with van der Waals surface area (Å²) in [6.07, 6.45) is 0. The number of amides is 1. The number of fused-ring (bicyclic) bond motifs is 2. The predicted octanol–water partition coefficient (Wildman–Crippen LogP) is 4.12. The molecule has 1 unspecified atom stereocenters. The van der Waals surface area contributed by atoms with Gasteiger partial charge in [0.1, 0.15) is 0 Å². The molecule has 3 aromatic rings. The van der Waals surface area contributed by atoms with Gasteiger partial charge in [0.25, 0.3) is 0 Å². The number of para-hydroxylation sites is 1. The summed E-state index contributed by atoms with van der Waals surface area (Å²) >= 11 is 0. The van der Waals surface area contributed by atoms with E-state index in [1.807, 2.05) is 50.4 Å². The Labute approximate surface area is 130 Å². The van der Waals surface area contributed by atoms with Crippen LogP contribution in [0.5, 0.6) is 0 Å². The van der Waals surface area contributed by atoms with E-state index in [9.17, 15) is 4.79 Å². The molecule has 0 fully saturated rings. The molecule has 4 rings (SSSR count). The molecule has 0 aromatic heterocycles. The van der Waals surface area contributed by atoms with Crippen molar-refractivity contribution in [3.8, 4) is 0 Å². The summed E-state index contributed by atoms with van der Waals surface area (Å²) in [6.45, 7) is 2.04. The van der Waals surface area contributed by atoms with Crippen LogP contribution in [-0.4, -0.2) is 13.0 Å². The van der Waals surface area contributed by atoms with Crippen molar-refractivity contribution in [2.24, 2.45) is 0 Å². The van der Waals surface area contributed by atoms with Crippen molar-refractivity contribution in [2.45, 2.75) is 12.3 Å². The third-order valence-electron chi connectivity index (χ3n) is 4.86. The molecule has 22 heavy (non-hydrogen) atoms. The van der Waals surface area contributed by atoms with Gasteiger partial charge >= 0.3 is 0 Å². The zero-order chi connectivity index (χ0) is 15.3. The molecule has 1 heterocycles. The molecule has 2 heteroatoms. The van der Waals surface area contributed by atoms with E-state index in [0.717, 1.165) is 22.2 Å². The number of likely N-dealkylation sites (N-methyl/N-ethyl adjacent to an activating group) is 1. The Morgan fingerprint density at radius 2 is 1.45 bits per heavy atom. The lowest BCUT2D eigenvalue weighted by molar-refractivity contribution is -0.121. The summed E-state index contributed by atoms with van der Waals surface area (Å²) in [5.74, 6) is 0.130. The molecule has 0 saturated carbocycles. The van der Waals surface area contributed by atoms with Gasteiger partial charge in [0, 0.05) is 12.7 Å². The molecule has 3 aromatic carbocycles. The summed E-state index contributed by atoms with van der Waals surface area (Å²) in [4.78, 5) is 14.8. The van der Waals surface area contributed by atoms with Crippen molar-refractivity contribution in [3.63, 3.8) is 0 Å². The van der Waals surface area contributed by atoms with Crippen LogP contribution in [-0.2, 0) is 10.2 Å². The predicted molar refractivity (Wildman–Crippen MR) is 90.3 cm³/mol. The van der Waals surface area contributed by atoms with Crippen LogP contribution in [0, 0.1) is 0 Å². The maximum absolute atomic E-state index is 13.1. The van der Waals surface area contributed by atoms with Crippen molar-refractivity contribution >= 4 is 22.4 Å². The Hall–Kier alpha value is -2.61. The monoisotopic (exact) mass is 287 g/mol. The first kappa shape index (κ1) is 13.1. The van der Waals surface area contributed by atoms with Crippen LogP contribution >= 0.6 is 0 Å². The number of nitrogens with zero attached hydrogens (tertiary/aromatic N) is 1. The topological polar surface area (TPSA) is 20.3 Å². The number of hydrogen-bond acceptors (Lipinski definition) is 1. The van der Waals surface area contributed by atoms with Gasteiger partial charge in [-0.1, -0.05) is 60.7 Å². The maximum Gasteiger partial charge on any atom is 0.241 e. The number of rotatable bonds is 1. The zero-order valence-corrected chi connectivity index (χ0v) is 12.7.